The number of allylic oxidation sites excluding steroid dienone is 2. The fourth-order valence-corrected chi connectivity index (χ4v) is 2.30. The number of carboxylic acid groups (broad SMARTS) is 1. The van der Waals surface area contributed by atoms with Gasteiger partial charge in [-0.15, -0.1) is 0 Å². The Morgan fingerprint density at radius 3 is 2.60 bits per heavy atom. The molecule has 0 bridgehead atoms. The average molecular weight is 296 g/mol. The van der Waals surface area contributed by atoms with Gasteiger partial charge in [0.2, 0.25) is 10.0 Å². The summed E-state index contributed by atoms with van der Waals surface area (Å²) < 4.78 is 24.9. The molecule has 1 aliphatic carbocycles. The molecule has 7 heteroatoms. The summed E-state index contributed by atoms with van der Waals surface area (Å²) in [5, 5.41) is 8.87. The summed E-state index contributed by atoms with van der Waals surface area (Å²) in [6, 6.07) is 0. The van der Waals surface area contributed by atoms with E-state index in [2.05, 4.69) is 20.7 Å². The normalized spacial score (nSPS) is 17.3. The predicted molar refractivity (Wildman–Crippen MR) is 58.9 cm³/mol. The number of aliphatic carboxylic acids is 1. The van der Waals surface area contributed by atoms with Crippen LogP contribution >= 0.6 is 15.9 Å². The van der Waals surface area contributed by atoms with Gasteiger partial charge < -0.3 is 5.11 Å². The summed E-state index contributed by atoms with van der Waals surface area (Å²) in [7, 11) is -3.42. The maximum atomic E-state index is 11.0. The molecule has 0 radical (unpaired) electrons. The van der Waals surface area contributed by atoms with Crippen molar-refractivity contribution in [3.8, 4) is 0 Å². The van der Waals surface area contributed by atoms with Crippen LogP contribution in [0.15, 0.2) is 21.8 Å². The van der Waals surface area contributed by atoms with Gasteiger partial charge in [0.1, 0.15) is 0 Å². The van der Waals surface area contributed by atoms with E-state index in [1.54, 1.807) is 0 Å². The molecule has 0 heterocycles. The minimum atomic E-state index is -3.42. The minimum Gasteiger partial charge on any atom is -0.478 e. The van der Waals surface area contributed by atoms with Gasteiger partial charge in [-0.25, -0.2) is 13.2 Å². The highest BCUT2D eigenvalue weighted by Gasteiger charge is 2.19. The molecule has 0 aliphatic heterocycles. The van der Waals surface area contributed by atoms with Gasteiger partial charge in [-0.3, -0.25) is 4.72 Å². The van der Waals surface area contributed by atoms with Crippen molar-refractivity contribution in [3.63, 3.8) is 0 Å². The molecule has 0 saturated heterocycles. The second kappa shape index (κ2) is 4.36. The summed E-state index contributed by atoms with van der Waals surface area (Å²) in [6.45, 7) is 0. The number of halogens is 1. The van der Waals surface area contributed by atoms with Gasteiger partial charge >= 0.3 is 5.97 Å². The molecule has 0 saturated carbocycles. The maximum absolute atomic E-state index is 11.0. The Bertz CT molecular complexity index is 449. The lowest BCUT2D eigenvalue weighted by Crippen LogP contribution is -2.25. The molecule has 0 aromatic carbocycles. The summed E-state index contributed by atoms with van der Waals surface area (Å²) in [4.78, 5) is 10.8. The molecule has 1 aliphatic rings. The molecule has 0 amide bonds. The number of sulfonamides is 1. The van der Waals surface area contributed by atoms with Crippen LogP contribution in [0.25, 0.3) is 0 Å². The topological polar surface area (TPSA) is 83.5 Å². The maximum Gasteiger partial charge on any atom is 0.337 e. The van der Waals surface area contributed by atoms with Gasteiger partial charge in [-0.05, 0) is 23.4 Å². The first-order valence-electron chi connectivity index (χ1n) is 4.10. The molecule has 0 aromatic heterocycles. The zero-order valence-electron chi connectivity index (χ0n) is 7.95. The first-order chi connectivity index (χ1) is 6.79. The number of carbonyl (C=O) groups is 1. The molecule has 5 nitrogen and oxygen atoms in total. The van der Waals surface area contributed by atoms with Crippen LogP contribution < -0.4 is 4.72 Å². The third-order valence-electron chi connectivity index (χ3n) is 1.78. The number of nitrogens with one attached hydrogen (secondary N) is 1. The number of carboxylic acids is 1. The predicted octanol–water partition coefficient (Wildman–Crippen LogP) is 0.947. The van der Waals surface area contributed by atoms with Crippen molar-refractivity contribution in [3.05, 3.63) is 21.8 Å². The van der Waals surface area contributed by atoms with Crippen molar-refractivity contribution in [1.29, 1.82) is 0 Å². The SMILES string of the molecule is CS(=O)(=O)NC1=C(C(=O)O)C=C(Br)CC1. The fraction of sp³-hybridized carbons (Fsp3) is 0.375. The molecule has 0 aromatic rings. The molecule has 0 fully saturated rings. The molecule has 0 atom stereocenters. The lowest BCUT2D eigenvalue weighted by Gasteiger charge is -2.15. The Hall–Kier alpha value is -0.820. The number of rotatable bonds is 3. The molecular weight excluding hydrogens is 286 g/mol. The Morgan fingerprint density at radius 1 is 1.53 bits per heavy atom. The van der Waals surface area contributed by atoms with E-state index in [1.807, 2.05) is 0 Å². The summed E-state index contributed by atoms with van der Waals surface area (Å²) in [5.41, 5.74) is 0.215. The van der Waals surface area contributed by atoms with Gasteiger partial charge in [0, 0.05) is 5.70 Å². The highest BCUT2D eigenvalue weighted by atomic mass is 79.9. The first-order valence-corrected chi connectivity index (χ1v) is 6.78. The second-order valence-corrected chi connectivity index (χ2v) is 5.93. The molecule has 0 spiro atoms. The monoisotopic (exact) mass is 295 g/mol. The quantitative estimate of drug-likeness (QED) is 0.812. The van der Waals surface area contributed by atoms with E-state index < -0.39 is 16.0 Å². The van der Waals surface area contributed by atoms with Gasteiger partial charge in [-0.2, -0.15) is 0 Å². The largest absolute Gasteiger partial charge is 0.478 e. The Kier molecular flexibility index (Phi) is 3.56. The Balaban J connectivity index is 3.11. The fourth-order valence-electron chi connectivity index (χ4n) is 1.22. The molecule has 84 valence electrons. The smallest absolute Gasteiger partial charge is 0.337 e. The summed E-state index contributed by atoms with van der Waals surface area (Å²) in [5.74, 6) is -1.14. The molecule has 2 N–H and O–H groups in total. The van der Waals surface area contributed by atoms with Crippen molar-refractivity contribution in [1.82, 2.24) is 4.72 Å². The number of hydrogen-bond donors (Lipinski definition) is 2. The van der Waals surface area contributed by atoms with Gasteiger partial charge in [0.05, 0.1) is 11.8 Å². The van der Waals surface area contributed by atoms with E-state index in [-0.39, 0.29) is 11.3 Å². The van der Waals surface area contributed by atoms with Crippen molar-refractivity contribution in [2.75, 3.05) is 6.26 Å². The molecule has 0 unspecified atom stereocenters. The third-order valence-corrected chi connectivity index (χ3v) is 3.02. The standard InChI is InChI=1S/C8H10BrNO4S/c1-15(13,14)10-7-3-2-5(9)4-6(7)8(11)12/h4,10H,2-3H2,1H3,(H,11,12). The first kappa shape index (κ1) is 12.3. The Labute approximate surface area is 96.0 Å². The van der Waals surface area contributed by atoms with Crippen LogP contribution in [0.3, 0.4) is 0 Å². The molecular formula is C8H10BrNO4S. The number of hydrogen-bond acceptors (Lipinski definition) is 3. The zero-order valence-corrected chi connectivity index (χ0v) is 10.4. The van der Waals surface area contributed by atoms with E-state index >= 15 is 0 Å². The summed E-state index contributed by atoms with van der Waals surface area (Å²) >= 11 is 3.19. The van der Waals surface area contributed by atoms with Gasteiger partial charge in [-0.1, -0.05) is 15.9 Å². The van der Waals surface area contributed by atoms with Crippen LogP contribution in [0.5, 0.6) is 0 Å². The van der Waals surface area contributed by atoms with E-state index in [0.29, 0.717) is 12.8 Å². The van der Waals surface area contributed by atoms with E-state index in [9.17, 15) is 13.2 Å². The van der Waals surface area contributed by atoms with Crippen molar-refractivity contribution in [2.24, 2.45) is 0 Å². The van der Waals surface area contributed by atoms with Crippen LogP contribution in [0.4, 0.5) is 0 Å². The zero-order chi connectivity index (χ0) is 11.6. The molecule has 1 rings (SSSR count). The lowest BCUT2D eigenvalue weighted by molar-refractivity contribution is -0.132. The highest BCUT2D eigenvalue weighted by molar-refractivity contribution is 9.11. The van der Waals surface area contributed by atoms with Crippen molar-refractivity contribution >= 4 is 31.9 Å². The van der Waals surface area contributed by atoms with E-state index in [4.69, 9.17) is 5.11 Å². The Morgan fingerprint density at radius 2 is 2.13 bits per heavy atom. The van der Waals surface area contributed by atoms with Crippen LogP contribution in [0.2, 0.25) is 0 Å². The third kappa shape index (κ3) is 3.67. The van der Waals surface area contributed by atoms with Crippen molar-refractivity contribution < 1.29 is 18.3 Å². The van der Waals surface area contributed by atoms with Crippen LogP contribution in [0, 0.1) is 0 Å². The van der Waals surface area contributed by atoms with E-state index in [0.717, 1.165) is 10.7 Å². The highest BCUT2D eigenvalue weighted by Crippen LogP contribution is 2.26. The van der Waals surface area contributed by atoms with E-state index in [1.165, 1.54) is 6.08 Å². The molecule has 15 heavy (non-hydrogen) atoms. The lowest BCUT2D eigenvalue weighted by atomic mass is 10.0. The second-order valence-electron chi connectivity index (χ2n) is 3.16. The van der Waals surface area contributed by atoms with Crippen LogP contribution in [-0.4, -0.2) is 25.7 Å². The van der Waals surface area contributed by atoms with Crippen molar-refractivity contribution in [2.45, 2.75) is 12.8 Å². The minimum absolute atomic E-state index is 0.0152. The average Bonchev–Trinajstić information content (AvgIpc) is 2.05. The van der Waals surface area contributed by atoms with Gasteiger partial charge in [0.15, 0.2) is 0 Å². The van der Waals surface area contributed by atoms with Gasteiger partial charge in [0.25, 0.3) is 0 Å². The van der Waals surface area contributed by atoms with Crippen LogP contribution in [0.1, 0.15) is 12.8 Å². The summed E-state index contributed by atoms with van der Waals surface area (Å²) in [6.07, 6.45) is 3.37. The van der Waals surface area contributed by atoms with Crippen LogP contribution in [-0.2, 0) is 14.8 Å².